The second-order valence-electron chi connectivity index (χ2n) is 8.86. The van der Waals surface area contributed by atoms with Gasteiger partial charge in [-0.1, -0.05) is 0 Å². The van der Waals surface area contributed by atoms with Crippen molar-refractivity contribution in [1.82, 2.24) is 24.1 Å². The largest absolute Gasteiger partial charge is 0.350 e. The van der Waals surface area contributed by atoms with E-state index in [1.165, 1.54) is 6.07 Å². The summed E-state index contributed by atoms with van der Waals surface area (Å²) >= 11 is 0. The minimum atomic E-state index is -2.57. The number of aromatic nitrogens is 5. The van der Waals surface area contributed by atoms with Crippen molar-refractivity contribution in [2.75, 3.05) is 5.32 Å². The number of anilines is 1. The Hall–Kier alpha value is -3.10. The Kier molecular flexibility index (Phi) is 4.87. The zero-order valence-electron chi connectivity index (χ0n) is 18.2. The molecule has 168 valence electrons. The quantitative estimate of drug-likeness (QED) is 0.436. The average molecular weight is 442 g/mol. The molecule has 3 heterocycles. The second-order valence-corrected chi connectivity index (χ2v) is 8.86. The van der Waals surface area contributed by atoms with Crippen LogP contribution in [0, 0.1) is 12.7 Å². The second kappa shape index (κ2) is 7.50. The lowest BCUT2D eigenvalue weighted by atomic mass is 9.92. The summed E-state index contributed by atoms with van der Waals surface area (Å²) in [7, 11) is 0. The Morgan fingerprint density at radius 2 is 1.91 bits per heavy atom. The highest BCUT2D eigenvalue weighted by Gasteiger charge is 2.35. The van der Waals surface area contributed by atoms with Gasteiger partial charge in [0.2, 0.25) is 11.9 Å². The predicted octanol–water partition coefficient (Wildman–Crippen LogP) is 5.76. The molecule has 1 N–H and O–H groups in total. The van der Waals surface area contributed by atoms with Crippen molar-refractivity contribution < 1.29 is 13.2 Å². The molecule has 0 bridgehead atoms. The van der Waals surface area contributed by atoms with Crippen molar-refractivity contribution in [2.24, 2.45) is 0 Å². The minimum Gasteiger partial charge on any atom is -0.350 e. The van der Waals surface area contributed by atoms with Crippen LogP contribution in [0.3, 0.4) is 0 Å². The zero-order chi connectivity index (χ0) is 22.6. The van der Waals surface area contributed by atoms with E-state index >= 15 is 0 Å². The molecule has 0 atom stereocenters. The van der Waals surface area contributed by atoms with Crippen LogP contribution in [0.5, 0.6) is 0 Å². The summed E-state index contributed by atoms with van der Waals surface area (Å²) in [6.07, 6.45) is 3.98. The number of alkyl halides is 2. The number of halogens is 3. The van der Waals surface area contributed by atoms with E-state index in [1.807, 2.05) is 37.5 Å². The van der Waals surface area contributed by atoms with Crippen LogP contribution in [0.1, 0.15) is 51.4 Å². The van der Waals surface area contributed by atoms with Gasteiger partial charge in [0, 0.05) is 36.7 Å². The first-order valence-corrected chi connectivity index (χ1v) is 10.9. The summed E-state index contributed by atoms with van der Waals surface area (Å²) < 4.78 is 45.4. The number of imidazole rings is 1. The first kappa shape index (κ1) is 20.8. The molecule has 4 aromatic rings. The number of nitrogens with one attached hydrogen (secondary N) is 1. The van der Waals surface area contributed by atoms with Crippen molar-refractivity contribution in [2.45, 2.75) is 64.5 Å². The Morgan fingerprint density at radius 3 is 2.62 bits per heavy atom. The highest BCUT2D eigenvalue weighted by Crippen LogP contribution is 2.34. The maximum absolute atomic E-state index is 14.9. The van der Waals surface area contributed by atoms with Crippen molar-refractivity contribution in [1.29, 1.82) is 0 Å². The van der Waals surface area contributed by atoms with E-state index in [1.54, 1.807) is 16.9 Å². The summed E-state index contributed by atoms with van der Waals surface area (Å²) in [4.78, 5) is 8.79. The molecule has 1 fully saturated rings. The monoisotopic (exact) mass is 442 g/mol. The summed E-state index contributed by atoms with van der Waals surface area (Å²) in [5, 5.41) is 7.65. The lowest BCUT2D eigenvalue weighted by Gasteiger charge is -2.28. The van der Waals surface area contributed by atoms with E-state index in [9.17, 15) is 13.2 Å². The fourth-order valence-corrected chi connectivity index (χ4v) is 4.65. The molecule has 0 unspecified atom stereocenters. The van der Waals surface area contributed by atoms with Crippen LogP contribution in [0.15, 0.2) is 30.6 Å². The van der Waals surface area contributed by atoms with Crippen LogP contribution in [-0.4, -0.2) is 36.1 Å². The van der Waals surface area contributed by atoms with E-state index in [-0.39, 0.29) is 30.7 Å². The van der Waals surface area contributed by atoms with Gasteiger partial charge in [-0.3, -0.25) is 0 Å². The molecule has 1 saturated carbocycles. The predicted molar refractivity (Wildman–Crippen MR) is 118 cm³/mol. The van der Waals surface area contributed by atoms with Crippen molar-refractivity contribution in [3.05, 3.63) is 42.2 Å². The summed E-state index contributed by atoms with van der Waals surface area (Å²) in [6, 6.07) is 5.39. The van der Waals surface area contributed by atoms with Gasteiger partial charge < -0.3 is 9.88 Å². The third kappa shape index (κ3) is 3.59. The minimum absolute atomic E-state index is 0.0711. The Bertz CT molecular complexity index is 1300. The van der Waals surface area contributed by atoms with Gasteiger partial charge >= 0.3 is 0 Å². The molecular formula is C23H25F3N6. The number of hydrogen-bond acceptors (Lipinski definition) is 4. The topological polar surface area (TPSA) is 60.0 Å². The highest BCUT2D eigenvalue weighted by atomic mass is 19.3. The Labute approximate surface area is 183 Å². The molecule has 3 aromatic heterocycles. The smallest absolute Gasteiger partial charge is 0.248 e. The molecule has 6 nitrogen and oxygen atoms in total. The summed E-state index contributed by atoms with van der Waals surface area (Å²) in [5.74, 6) is -1.77. The average Bonchev–Trinajstić information content (AvgIpc) is 3.30. The molecule has 5 rings (SSSR count). The van der Waals surface area contributed by atoms with E-state index in [0.29, 0.717) is 24.3 Å². The third-order valence-electron chi connectivity index (χ3n) is 6.22. The Morgan fingerprint density at radius 1 is 1.16 bits per heavy atom. The molecule has 0 aliphatic heterocycles. The first-order chi connectivity index (χ1) is 15.2. The zero-order valence-corrected chi connectivity index (χ0v) is 18.2. The van der Waals surface area contributed by atoms with Crippen LogP contribution in [0.4, 0.5) is 19.1 Å². The van der Waals surface area contributed by atoms with Gasteiger partial charge in [0.25, 0.3) is 0 Å². The molecule has 9 heteroatoms. The molecular weight excluding hydrogens is 417 g/mol. The SMILES string of the molecule is Cc1nc2c(F)cc(-c3ccn4nc(NC5CCC(F)(F)CC5)ncc34)cc2n1C(C)C. The van der Waals surface area contributed by atoms with Gasteiger partial charge in [-0.25, -0.2) is 27.7 Å². The highest BCUT2D eigenvalue weighted by molar-refractivity contribution is 5.88. The van der Waals surface area contributed by atoms with Crippen LogP contribution in [-0.2, 0) is 0 Å². The number of nitrogens with zero attached hydrogens (tertiary/aromatic N) is 5. The van der Waals surface area contributed by atoms with E-state index in [2.05, 4.69) is 20.4 Å². The number of hydrogen-bond donors (Lipinski definition) is 1. The normalized spacial score (nSPS) is 17.0. The summed E-state index contributed by atoms with van der Waals surface area (Å²) in [5.41, 5.74) is 3.38. The van der Waals surface area contributed by atoms with Crippen LogP contribution in [0.2, 0.25) is 0 Å². The molecule has 1 aromatic carbocycles. The fraction of sp³-hybridized carbons (Fsp3) is 0.435. The van der Waals surface area contributed by atoms with Gasteiger partial charge in [-0.2, -0.15) is 0 Å². The van der Waals surface area contributed by atoms with Crippen molar-refractivity contribution in [3.63, 3.8) is 0 Å². The number of rotatable bonds is 4. The molecule has 0 radical (unpaired) electrons. The fourth-order valence-electron chi connectivity index (χ4n) is 4.65. The molecule has 1 aliphatic rings. The maximum Gasteiger partial charge on any atom is 0.248 e. The molecule has 0 saturated heterocycles. The lowest BCUT2D eigenvalue weighted by Crippen LogP contribution is -2.32. The number of benzene rings is 1. The summed E-state index contributed by atoms with van der Waals surface area (Å²) in [6.45, 7) is 5.97. The molecule has 1 aliphatic carbocycles. The van der Waals surface area contributed by atoms with Crippen molar-refractivity contribution >= 4 is 22.5 Å². The van der Waals surface area contributed by atoms with E-state index in [0.717, 1.165) is 28.0 Å². The Balaban J connectivity index is 1.48. The van der Waals surface area contributed by atoms with Crippen LogP contribution < -0.4 is 5.32 Å². The standard InChI is InChI=1S/C23H25F3N6/c1-13(2)32-14(3)28-21-18(24)10-15(11-19(21)32)17-6-9-31-20(17)12-27-22(30-31)29-16-4-7-23(25,26)8-5-16/h6,9-13,16H,4-5,7-8H2,1-3H3,(H,29,30). The first-order valence-electron chi connectivity index (χ1n) is 10.9. The number of aryl methyl sites for hydroxylation is 1. The third-order valence-corrected chi connectivity index (χ3v) is 6.22. The van der Waals surface area contributed by atoms with Crippen LogP contribution in [0.25, 0.3) is 27.7 Å². The number of fused-ring (bicyclic) bond motifs is 2. The molecule has 0 spiro atoms. The van der Waals surface area contributed by atoms with Gasteiger partial charge in [-0.05, 0) is 57.4 Å². The lowest BCUT2D eigenvalue weighted by molar-refractivity contribution is -0.0361. The van der Waals surface area contributed by atoms with Gasteiger partial charge in [0.15, 0.2) is 5.82 Å². The van der Waals surface area contributed by atoms with E-state index < -0.39 is 5.92 Å². The van der Waals surface area contributed by atoms with E-state index in [4.69, 9.17) is 0 Å². The van der Waals surface area contributed by atoms with Crippen LogP contribution >= 0.6 is 0 Å². The molecule has 32 heavy (non-hydrogen) atoms. The van der Waals surface area contributed by atoms with Gasteiger partial charge in [0.05, 0.1) is 17.2 Å². The van der Waals surface area contributed by atoms with Gasteiger partial charge in [-0.15, -0.1) is 5.10 Å². The van der Waals surface area contributed by atoms with Gasteiger partial charge in [0.1, 0.15) is 11.3 Å². The maximum atomic E-state index is 14.9. The molecule has 0 amide bonds. The van der Waals surface area contributed by atoms with Crippen molar-refractivity contribution in [3.8, 4) is 11.1 Å².